The monoisotopic (exact) mass is 328 g/mol. The molecule has 0 fully saturated rings. The van der Waals surface area contributed by atoms with Crippen molar-refractivity contribution in [2.75, 3.05) is 11.9 Å². The topological polar surface area (TPSA) is 60.3 Å². The van der Waals surface area contributed by atoms with Crippen molar-refractivity contribution in [1.29, 1.82) is 0 Å². The molecule has 23 heavy (non-hydrogen) atoms. The third-order valence-corrected chi connectivity index (χ3v) is 4.60. The molecule has 116 valence electrons. The fourth-order valence-electron chi connectivity index (χ4n) is 3.02. The first-order valence-electron chi connectivity index (χ1n) is 7.24. The Morgan fingerprint density at radius 1 is 1.30 bits per heavy atom. The van der Waals surface area contributed by atoms with E-state index in [4.69, 9.17) is 16.3 Å². The first-order chi connectivity index (χ1) is 11.0. The van der Waals surface area contributed by atoms with E-state index in [0.29, 0.717) is 29.2 Å². The van der Waals surface area contributed by atoms with Gasteiger partial charge in [-0.25, -0.2) is 4.79 Å². The molecule has 4 rings (SSSR count). The van der Waals surface area contributed by atoms with Gasteiger partial charge >= 0.3 is 5.97 Å². The number of nitrogens with one attached hydrogen (secondary N) is 1. The van der Waals surface area contributed by atoms with Gasteiger partial charge in [0.2, 0.25) is 0 Å². The number of hydrogen-bond acceptors (Lipinski definition) is 3. The lowest BCUT2D eigenvalue weighted by atomic mass is 10.0. The quantitative estimate of drug-likeness (QED) is 0.646. The number of hydrogen-bond donors (Lipinski definition) is 1. The number of cyclic esters (lactones) is 1. The Morgan fingerprint density at radius 2 is 2.13 bits per heavy atom. The van der Waals surface area contributed by atoms with Crippen LogP contribution in [0.3, 0.4) is 0 Å². The van der Waals surface area contributed by atoms with E-state index in [1.54, 1.807) is 29.1 Å². The summed E-state index contributed by atoms with van der Waals surface area (Å²) in [6, 6.07) is 3.56. The van der Waals surface area contributed by atoms with Crippen molar-refractivity contribution in [3.63, 3.8) is 0 Å². The van der Waals surface area contributed by atoms with Crippen molar-refractivity contribution in [1.82, 2.24) is 4.57 Å². The van der Waals surface area contributed by atoms with Gasteiger partial charge in [-0.05, 0) is 30.2 Å². The Balaban J connectivity index is 1.83. The van der Waals surface area contributed by atoms with Crippen LogP contribution in [0.1, 0.15) is 27.0 Å². The second-order valence-electron chi connectivity index (χ2n) is 5.62. The molecule has 0 bridgehead atoms. The minimum Gasteiger partial charge on any atom is -0.462 e. The average molecular weight is 329 g/mol. The molecular formula is C17H13ClN2O3. The van der Waals surface area contributed by atoms with Crippen molar-refractivity contribution in [3.05, 3.63) is 51.8 Å². The highest BCUT2D eigenvalue weighted by Gasteiger charge is 2.27. The van der Waals surface area contributed by atoms with Crippen molar-refractivity contribution >= 4 is 40.9 Å². The maximum absolute atomic E-state index is 12.3. The van der Waals surface area contributed by atoms with Crippen molar-refractivity contribution < 1.29 is 14.3 Å². The van der Waals surface area contributed by atoms with Gasteiger partial charge in [0.05, 0.1) is 17.7 Å². The SMILES string of the molecule is Cc1c(Cl)ccc2c1C(=Cn1cc3c(c1)C(=O)OCC3)C(=O)N2. The van der Waals surface area contributed by atoms with E-state index in [2.05, 4.69) is 5.32 Å². The summed E-state index contributed by atoms with van der Waals surface area (Å²) in [6.07, 6.45) is 5.95. The van der Waals surface area contributed by atoms with E-state index >= 15 is 0 Å². The van der Waals surface area contributed by atoms with Crippen LogP contribution in [0.4, 0.5) is 5.69 Å². The lowest BCUT2D eigenvalue weighted by molar-refractivity contribution is -0.110. The first kappa shape index (κ1) is 14.1. The number of halogens is 1. The molecule has 1 N–H and O–H groups in total. The number of anilines is 1. The fraction of sp³-hybridized carbons (Fsp3) is 0.176. The summed E-state index contributed by atoms with van der Waals surface area (Å²) in [5, 5.41) is 3.45. The highest BCUT2D eigenvalue weighted by atomic mass is 35.5. The molecule has 2 aliphatic rings. The molecule has 0 atom stereocenters. The number of aromatic nitrogens is 1. The zero-order valence-corrected chi connectivity index (χ0v) is 13.1. The Kier molecular flexibility index (Phi) is 3.06. The molecule has 2 aliphatic heterocycles. The molecule has 1 aromatic heterocycles. The largest absolute Gasteiger partial charge is 0.462 e. The number of nitrogens with zero attached hydrogens (tertiary/aromatic N) is 1. The smallest absolute Gasteiger partial charge is 0.339 e. The van der Waals surface area contributed by atoms with Gasteiger partial charge < -0.3 is 14.6 Å². The van der Waals surface area contributed by atoms with Crippen LogP contribution in [0.5, 0.6) is 0 Å². The third kappa shape index (κ3) is 2.16. The van der Waals surface area contributed by atoms with Gasteiger partial charge in [0.15, 0.2) is 0 Å². The molecule has 0 saturated heterocycles. The maximum Gasteiger partial charge on any atom is 0.339 e. The zero-order chi connectivity index (χ0) is 16.1. The molecule has 1 aromatic carbocycles. The number of rotatable bonds is 1. The van der Waals surface area contributed by atoms with Gasteiger partial charge in [-0.3, -0.25) is 4.79 Å². The van der Waals surface area contributed by atoms with Crippen molar-refractivity contribution in [2.45, 2.75) is 13.3 Å². The lowest BCUT2D eigenvalue weighted by Gasteiger charge is -2.09. The van der Waals surface area contributed by atoms with Gasteiger partial charge in [0.1, 0.15) is 0 Å². The summed E-state index contributed by atoms with van der Waals surface area (Å²) in [5.74, 6) is -0.501. The molecule has 0 saturated carbocycles. The van der Waals surface area contributed by atoms with E-state index in [0.717, 1.165) is 22.4 Å². The van der Waals surface area contributed by atoms with Gasteiger partial charge in [-0.1, -0.05) is 11.6 Å². The number of benzene rings is 1. The Labute approximate surface area is 137 Å². The summed E-state index contributed by atoms with van der Waals surface area (Å²) >= 11 is 6.18. The molecule has 0 radical (unpaired) electrons. The molecule has 2 aromatic rings. The summed E-state index contributed by atoms with van der Waals surface area (Å²) in [6.45, 7) is 2.28. The van der Waals surface area contributed by atoms with Crippen molar-refractivity contribution in [2.24, 2.45) is 0 Å². The molecule has 1 amide bonds. The molecular weight excluding hydrogens is 316 g/mol. The van der Waals surface area contributed by atoms with Gasteiger partial charge in [-0.15, -0.1) is 0 Å². The second kappa shape index (κ2) is 4.99. The average Bonchev–Trinajstić information content (AvgIpc) is 3.06. The molecule has 0 aliphatic carbocycles. The van der Waals surface area contributed by atoms with Gasteiger partial charge in [0.25, 0.3) is 5.91 Å². The molecule has 6 heteroatoms. The maximum atomic E-state index is 12.3. The van der Waals surface area contributed by atoms with Crippen LogP contribution >= 0.6 is 11.6 Å². The van der Waals surface area contributed by atoms with Crippen LogP contribution in [0, 0.1) is 6.92 Å². The molecule has 5 nitrogen and oxygen atoms in total. The van der Waals surface area contributed by atoms with E-state index < -0.39 is 0 Å². The number of esters is 1. The summed E-state index contributed by atoms with van der Waals surface area (Å²) in [7, 11) is 0. The number of amides is 1. The van der Waals surface area contributed by atoms with Gasteiger partial charge in [0, 0.05) is 41.3 Å². The highest BCUT2D eigenvalue weighted by molar-refractivity contribution is 6.37. The Bertz CT molecular complexity index is 895. The van der Waals surface area contributed by atoms with Gasteiger partial charge in [-0.2, -0.15) is 0 Å². The van der Waals surface area contributed by atoms with Crippen LogP contribution in [0.2, 0.25) is 5.02 Å². The van der Waals surface area contributed by atoms with Crippen LogP contribution in [-0.4, -0.2) is 23.1 Å². The van der Waals surface area contributed by atoms with E-state index in [-0.39, 0.29) is 11.9 Å². The lowest BCUT2D eigenvalue weighted by Crippen LogP contribution is -2.15. The number of fused-ring (bicyclic) bond motifs is 2. The van der Waals surface area contributed by atoms with E-state index in [1.807, 2.05) is 13.1 Å². The molecule has 0 spiro atoms. The van der Waals surface area contributed by atoms with Crippen LogP contribution < -0.4 is 5.32 Å². The Hall–Kier alpha value is -2.53. The number of carbonyl (C=O) groups excluding carboxylic acids is 2. The third-order valence-electron chi connectivity index (χ3n) is 4.19. The van der Waals surface area contributed by atoms with Crippen LogP contribution in [-0.2, 0) is 16.0 Å². The second-order valence-corrected chi connectivity index (χ2v) is 6.03. The van der Waals surface area contributed by atoms with E-state index in [9.17, 15) is 9.59 Å². The highest BCUT2D eigenvalue weighted by Crippen LogP contribution is 2.38. The predicted octanol–water partition coefficient (Wildman–Crippen LogP) is 3.11. The number of carbonyl (C=O) groups is 2. The minimum absolute atomic E-state index is 0.181. The summed E-state index contributed by atoms with van der Waals surface area (Å²) in [4.78, 5) is 24.0. The van der Waals surface area contributed by atoms with E-state index in [1.165, 1.54) is 0 Å². The predicted molar refractivity (Wildman–Crippen MR) is 87.4 cm³/mol. The van der Waals surface area contributed by atoms with Crippen LogP contribution in [0.25, 0.3) is 11.8 Å². The van der Waals surface area contributed by atoms with Crippen molar-refractivity contribution in [3.8, 4) is 0 Å². The Morgan fingerprint density at radius 3 is 2.91 bits per heavy atom. The summed E-state index contributed by atoms with van der Waals surface area (Å²) < 4.78 is 6.77. The fourth-order valence-corrected chi connectivity index (χ4v) is 3.18. The number of ether oxygens (including phenoxy) is 1. The van der Waals surface area contributed by atoms with Crippen LogP contribution in [0.15, 0.2) is 24.5 Å². The standard InChI is InChI=1S/C17H13ClN2O3/c1-9-13(18)2-3-14-15(9)12(16(21)19-14)8-20-6-10-4-5-23-17(22)11(10)7-20/h2-3,6-8H,4-5H2,1H3,(H,19,21). The molecule has 0 unspecified atom stereocenters. The summed E-state index contributed by atoms with van der Waals surface area (Å²) in [5.41, 5.74) is 4.41. The molecule has 3 heterocycles. The first-order valence-corrected chi connectivity index (χ1v) is 7.62. The zero-order valence-electron chi connectivity index (χ0n) is 12.4. The normalized spacial score (nSPS) is 17.7. The minimum atomic E-state index is -0.320.